The van der Waals surface area contributed by atoms with Crippen molar-refractivity contribution in [2.45, 2.75) is 63.6 Å². The molecule has 220 valence electrons. The van der Waals surface area contributed by atoms with Gasteiger partial charge in [0, 0.05) is 11.3 Å². The highest BCUT2D eigenvalue weighted by Gasteiger charge is 2.31. The molecule has 3 N–H and O–H groups in total. The van der Waals surface area contributed by atoms with E-state index in [0.717, 1.165) is 12.8 Å². The van der Waals surface area contributed by atoms with Crippen molar-refractivity contribution in [3.63, 3.8) is 0 Å². The summed E-state index contributed by atoms with van der Waals surface area (Å²) in [5.41, 5.74) is 17.1. The van der Waals surface area contributed by atoms with E-state index in [-0.39, 0.29) is 24.4 Å². The van der Waals surface area contributed by atoms with E-state index in [9.17, 15) is 22.8 Å². The van der Waals surface area contributed by atoms with E-state index in [2.05, 4.69) is 20.3 Å². The molecule has 42 heavy (non-hydrogen) atoms. The highest BCUT2D eigenvalue weighted by atomic mass is 19.4. The number of amides is 2. The van der Waals surface area contributed by atoms with Gasteiger partial charge in [0.2, 0.25) is 5.91 Å². The van der Waals surface area contributed by atoms with Gasteiger partial charge in [-0.15, -0.1) is 23.4 Å². The third-order valence-corrected chi connectivity index (χ3v) is 7.13. The van der Waals surface area contributed by atoms with E-state index < -0.39 is 24.3 Å². The molecule has 0 spiro atoms. The number of carbonyl (C=O) groups excluding carboxylic acids is 2. The molecule has 3 aromatic carbocycles. The van der Waals surface area contributed by atoms with Gasteiger partial charge >= 0.3 is 6.36 Å². The number of carbonyl (C=O) groups is 2. The SMILES string of the molecule is N=NC(N=N)NC(=O)c1ccc(CN(C(=O)Cc2cccc(OC(F)(F)F)c2)c2ccc(C3CCCCC3)cc2)cc1. The number of hydrogen-bond acceptors (Lipinski definition) is 7. The van der Waals surface area contributed by atoms with E-state index in [0.29, 0.717) is 22.7 Å². The van der Waals surface area contributed by atoms with E-state index in [4.69, 9.17) is 11.1 Å². The van der Waals surface area contributed by atoms with Crippen molar-refractivity contribution < 1.29 is 27.5 Å². The second-order valence-electron chi connectivity index (χ2n) is 10.1. The van der Waals surface area contributed by atoms with Crippen molar-refractivity contribution in [3.8, 4) is 5.75 Å². The number of anilines is 1. The first kappa shape index (κ1) is 30.4. The molecule has 0 atom stereocenters. The van der Waals surface area contributed by atoms with Crippen LogP contribution in [0.2, 0.25) is 0 Å². The first-order valence-corrected chi connectivity index (χ1v) is 13.5. The van der Waals surface area contributed by atoms with E-state index in [1.54, 1.807) is 35.2 Å². The minimum atomic E-state index is -4.84. The van der Waals surface area contributed by atoms with Crippen molar-refractivity contribution in [2.75, 3.05) is 4.90 Å². The van der Waals surface area contributed by atoms with Crippen LogP contribution in [0, 0.1) is 11.1 Å². The molecule has 0 heterocycles. The Balaban J connectivity index is 1.55. The molecule has 0 radical (unpaired) electrons. The van der Waals surface area contributed by atoms with Crippen LogP contribution in [0.5, 0.6) is 5.75 Å². The Labute approximate surface area is 241 Å². The molecule has 1 aliphatic rings. The van der Waals surface area contributed by atoms with E-state index >= 15 is 0 Å². The summed E-state index contributed by atoms with van der Waals surface area (Å²) in [7, 11) is 0. The molecule has 3 aromatic rings. The van der Waals surface area contributed by atoms with Gasteiger partial charge in [0.25, 0.3) is 12.2 Å². The molecule has 0 bridgehead atoms. The first-order chi connectivity index (χ1) is 20.1. The molecule has 1 aliphatic carbocycles. The Bertz CT molecular complexity index is 1380. The summed E-state index contributed by atoms with van der Waals surface area (Å²) in [5, 5.41) is 8.38. The summed E-state index contributed by atoms with van der Waals surface area (Å²) in [6.45, 7) is 0.148. The average molecular weight is 581 g/mol. The quantitative estimate of drug-likeness (QED) is 0.203. The second-order valence-corrected chi connectivity index (χ2v) is 10.1. The molecule has 9 nitrogen and oxygen atoms in total. The molecular weight excluding hydrogens is 549 g/mol. The number of hydrogen-bond donors (Lipinski definition) is 3. The lowest BCUT2D eigenvalue weighted by atomic mass is 9.84. The Kier molecular flexibility index (Phi) is 10.00. The zero-order chi connectivity index (χ0) is 30.1. The fourth-order valence-corrected chi connectivity index (χ4v) is 5.05. The fourth-order valence-electron chi connectivity index (χ4n) is 5.05. The number of nitrogens with zero attached hydrogens (tertiary/aromatic N) is 3. The highest BCUT2D eigenvalue weighted by molar-refractivity contribution is 5.95. The first-order valence-electron chi connectivity index (χ1n) is 13.5. The van der Waals surface area contributed by atoms with Crippen LogP contribution in [-0.2, 0) is 17.8 Å². The number of halogens is 3. The summed E-state index contributed by atoms with van der Waals surface area (Å²) < 4.78 is 42.2. The average Bonchev–Trinajstić information content (AvgIpc) is 2.98. The largest absolute Gasteiger partial charge is 0.573 e. The van der Waals surface area contributed by atoms with Crippen LogP contribution < -0.4 is 15.0 Å². The highest BCUT2D eigenvalue weighted by Crippen LogP contribution is 2.34. The normalized spacial score (nSPS) is 14.5. The van der Waals surface area contributed by atoms with Crippen molar-refractivity contribution in [1.82, 2.24) is 5.32 Å². The fraction of sp³-hybridized carbons (Fsp3) is 0.333. The van der Waals surface area contributed by atoms with Gasteiger partial charge in [-0.05, 0) is 71.8 Å². The van der Waals surface area contributed by atoms with Crippen LogP contribution in [0.3, 0.4) is 0 Å². The molecular formula is C30H31F3N6O3. The lowest BCUT2D eigenvalue weighted by Crippen LogP contribution is -2.32. The smallest absolute Gasteiger partial charge is 0.406 e. The van der Waals surface area contributed by atoms with Gasteiger partial charge in [0.15, 0.2) is 0 Å². The zero-order valence-electron chi connectivity index (χ0n) is 22.7. The maximum Gasteiger partial charge on any atom is 0.573 e. The van der Waals surface area contributed by atoms with Gasteiger partial charge in [-0.3, -0.25) is 9.59 Å². The van der Waals surface area contributed by atoms with E-state index in [1.165, 1.54) is 43.0 Å². The molecule has 1 saturated carbocycles. The molecule has 4 rings (SSSR count). The van der Waals surface area contributed by atoms with Crippen molar-refractivity contribution in [2.24, 2.45) is 10.2 Å². The Morgan fingerprint density at radius 1 is 0.929 bits per heavy atom. The maximum absolute atomic E-state index is 13.6. The standard InChI is InChI=1S/C30H31F3N6O3/c31-30(32,33)42-26-8-4-5-21(17-26)18-27(40)39(25-15-13-23(14-16-25)22-6-2-1-3-7-22)19-20-9-11-24(12-10-20)28(41)36-29(37-34)38-35/h4-5,8-17,22,29,34-35H,1-3,6-7,18-19H2,(H,36,41). The lowest BCUT2D eigenvalue weighted by Gasteiger charge is -2.26. The van der Waals surface area contributed by atoms with Crippen molar-refractivity contribution in [3.05, 3.63) is 95.1 Å². The van der Waals surface area contributed by atoms with Gasteiger partial charge in [0.1, 0.15) is 5.75 Å². The van der Waals surface area contributed by atoms with Gasteiger partial charge in [0.05, 0.1) is 13.0 Å². The van der Waals surface area contributed by atoms with Gasteiger partial charge in [-0.25, -0.2) is 11.1 Å². The van der Waals surface area contributed by atoms with Crippen LogP contribution in [0.25, 0.3) is 0 Å². The Morgan fingerprint density at radius 3 is 2.21 bits per heavy atom. The molecule has 0 aromatic heterocycles. The van der Waals surface area contributed by atoms with Crippen LogP contribution in [0.4, 0.5) is 18.9 Å². The van der Waals surface area contributed by atoms with Gasteiger partial charge < -0.3 is 15.0 Å². The van der Waals surface area contributed by atoms with Crippen LogP contribution >= 0.6 is 0 Å². The summed E-state index contributed by atoms with van der Waals surface area (Å²) in [6, 6.07) is 19.6. The van der Waals surface area contributed by atoms with Gasteiger partial charge in [-0.2, -0.15) is 0 Å². The lowest BCUT2D eigenvalue weighted by molar-refractivity contribution is -0.274. The number of ether oxygens (including phenoxy) is 1. The summed E-state index contributed by atoms with van der Waals surface area (Å²) in [5.74, 6) is -0.810. The summed E-state index contributed by atoms with van der Waals surface area (Å²) in [6.07, 6.45) is -0.417. The number of nitrogens with one attached hydrogen (secondary N) is 3. The van der Waals surface area contributed by atoms with E-state index in [1.807, 2.05) is 24.3 Å². The minimum absolute atomic E-state index is 0.148. The van der Waals surface area contributed by atoms with Crippen molar-refractivity contribution >= 4 is 17.5 Å². The minimum Gasteiger partial charge on any atom is -0.406 e. The van der Waals surface area contributed by atoms with Gasteiger partial charge in [-0.1, -0.05) is 55.7 Å². The maximum atomic E-state index is 13.6. The number of alkyl halides is 3. The molecule has 1 fully saturated rings. The third-order valence-electron chi connectivity index (χ3n) is 7.13. The van der Waals surface area contributed by atoms with Crippen LogP contribution in [-0.4, -0.2) is 24.5 Å². The molecule has 12 heteroatoms. The Morgan fingerprint density at radius 2 is 1.60 bits per heavy atom. The Hall–Kier alpha value is -4.61. The van der Waals surface area contributed by atoms with Crippen molar-refractivity contribution in [1.29, 1.82) is 11.1 Å². The molecule has 0 unspecified atom stereocenters. The van der Waals surface area contributed by atoms with Crippen LogP contribution in [0.15, 0.2) is 83.0 Å². The molecule has 0 saturated heterocycles. The summed E-state index contributed by atoms with van der Waals surface area (Å²) in [4.78, 5) is 27.5. The topological polar surface area (TPSA) is 131 Å². The summed E-state index contributed by atoms with van der Waals surface area (Å²) >= 11 is 0. The number of rotatable bonds is 11. The van der Waals surface area contributed by atoms with Crippen LogP contribution in [0.1, 0.15) is 65.1 Å². The zero-order valence-corrected chi connectivity index (χ0v) is 22.7. The molecule has 0 aliphatic heterocycles. The predicted octanol–water partition coefficient (Wildman–Crippen LogP) is 7.48. The monoisotopic (exact) mass is 580 g/mol. The number of benzene rings is 3. The predicted molar refractivity (Wildman–Crippen MR) is 148 cm³/mol. The molecule has 2 amide bonds. The second kappa shape index (κ2) is 13.8. The third kappa shape index (κ3) is 8.45.